The number of rotatable bonds is 8. The number of methoxy groups -OCH3 is 1. The van der Waals surface area contributed by atoms with E-state index in [1.807, 2.05) is 36.4 Å². The minimum atomic E-state index is -0.179. The van der Waals surface area contributed by atoms with Gasteiger partial charge in [-0.1, -0.05) is 49.7 Å². The lowest BCUT2D eigenvalue weighted by atomic mass is 10.0. The van der Waals surface area contributed by atoms with Crippen LogP contribution in [0.25, 0.3) is 0 Å². The Balaban J connectivity index is 1.84. The number of morpholine rings is 1. The first kappa shape index (κ1) is 19.2. The fraction of sp³-hybridized carbons (Fsp3) is 0.409. The van der Waals surface area contributed by atoms with Gasteiger partial charge in [0.2, 0.25) is 5.91 Å². The first-order valence-corrected chi connectivity index (χ1v) is 9.49. The average Bonchev–Trinajstić information content (AvgIpc) is 2.72. The zero-order chi connectivity index (χ0) is 19.1. The Hall–Kier alpha value is -2.53. The molecule has 27 heavy (non-hydrogen) atoms. The van der Waals surface area contributed by atoms with E-state index in [0.717, 1.165) is 30.4 Å². The SMILES string of the molecule is CCCCC(Oc1cc(C2CNC(=O)CO2)ccc1OC)c1ccccc1. The van der Waals surface area contributed by atoms with Crippen molar-refractivity contribution in [2.24, 2.45) is 0 Å². The number of carbonyl (C=O) groups excluding carboxylic acids is 1. The van der Waals surface area contributed by atoms with Crippen LogP contribution >= 0.6 is 0 Å². The summed E-state index contributed by atoms with van der Waals surface area (Å²) in [5.41, 5.74) is 2.12. The molecule has 5 heteroatoms. The zero-order valence-corrected chi connectivity index (χ0v) is 15.9. The van der Waals surface area contributed by atoms with E-state index in [1.54, 1.807) is 7.11 Å². The standard InChI is InChI=1S/C22H27NO4/c1-3-4-10-18(16-8-6-5-7-9-16)27-20-13-17(11-12-19(20)25-2)21-14-23-22(24)15-26-21/h5-9,11-13,18,21H,3-4,10,14-15H2,1-2H3,(H,23,24). The van der Waals surface area contributed by atoms with E-state index in [4.69, 9.17) is 14.2 Å². The van der Waals surface area contributed by atoms with E-state index in [2.05, 4.69) is 24.4 Å². The van der Waals surface area contributed by atoms with E-state index in [0.29, 0.717) is 18.0 Å². The summed E-state index contributed by atoms with van der Waals surface area (Å²) in [7, 11) is 1.64. The largest absolute Gasteiger partial charge is 0.493 e. The minimum Gasteiger partial charge on any atom is -0.493 e. The summed E-state index contributed by atoms with van der Waals surface area (Å²) in [6.07, 6.45) is 2.91. The highest BCUT2D eigenvalue weighted by Crippen LogP contribution is 2.36. The number of hydrogen-bond donors (Lipinski definition) is 1. The van der Waals surface area contributed by atoms with Gasteiger partial charge in [-0.15, -0.1) is 0 Å². The van der Waals surface area contributed by atoms with Crippen molar-refractivity contribution in [3.05, 3.63) is 59.7 Å². The summed E-state index contributed by atoms with van der Waals surface area (Å²) in [6.45, 7) is 2.72. The highest BCUT2D eigenvalue weighted by molar-refractivity contribution is 5.77. The van der Waals surface area contributed by atoms with Crippen molar-refractivity contribution in [3.63, 3.8) is 0 Å². The van der Waals surface area contributed by atoms with E-state index >= 15 is 0 Å². The molecule has 0 spiro atoms. The maximum Gasteiger partial charge on any atom is 0.246 e. The van der Waals surface area contributed by atoms with Gasteiger partial charge in [0.15, 0.2) is 11.5 Å². The lowest BCUT2D eigenvalue weighted by Crippen LogP contribution is -2.38. The van der Waals surface area contributed by atoms with Crippen molar-refractivity contribution >= 4 is 5.91 Å². The number of amides is 1. The summed E-state index contributed by atoms with van der Waals surface area (Å²) >= 11 is 0. The second kappa shape index (κ2) is 9.42. The first-order chi connectivity index (χ1) is 13.2. The van der Waals surface area contributed by atoms with Crippen LogP contribution < -0.4 is 14.8 Å². The molecule has 2 aromatic rings. The van der Waals surface area contributed by atoms with Gasteiger partial charge < -0.3 is 19.5 Å². The first-order valence-electron chi connectivity index (χ1n) is 9.49. The lowest BCUT2D eigenvalue weighted by Gasteiger charge is -2.25. The Bertz CT molecular complexity index is 737. The molecular formula is C22H27NO4. The van der Waals surface area contributed by atoms with Gasteiger partial charge in [0.05, 0.1) is 7.11 Å². The molecule has 144 valence electrons. The molecule has 1 saturated heterocycles. The summed E-state index contributed by atoms with van der Waals surface area (Å²) in [6, 6.07) is 16.1. The van der Waals surface area contributed by atoms with Crippen LogP contribution in [-0.4, -0.2) is 26.2 Å². The third kappa shape index (κ3) is 5.01. The van der Waals surface area contributed by atoms with E-state index < -0.39 is 0 Å². The average molecular weight is 369 g/mol. The molecule has 1 aliphatic rings. The maximum atomic E-state index is 11.3. The number of unbranched alkanes of at least 4 members (excludes halogenated alkanes) is 1. The second-order valence-electron chi connectivity index (χ2n) is 6.67. The van der Waals surface area contributed by atoms with E-state index in [9.17, 15) is 4.79 Å². The molecule has 1 N–H and O–H groups in total. The predicted octanol–water partition coefficient (Wildman–Crippen LogP) is 4.19. The van der Waals surface area contributed by atoms with Gasteiger partial charge in [-0.25, -0.2) is 0 Å². The second-order valence-corrected chi connectivity index (χ2v) is 6.67. The fourth-order valence-electron chi connectivity index (χ4n) is 3.20. The van der Waals surface area contributed by atoms with E-state index in [-0.39, 0.29) is 24.7 Å². The van der Waals surface area contributed by atoms with Crippen LogP contribution in [0.3, 0.4) is 0 Å². The van der Waals surface area contributed by atoms with Crippen LogP contribution in [0.15, 0.2) is 48.5 Å². The maximum absolute atomic E-state index is 11.3. The molecule has 2 atom stereocenters. The van der Waals surface area contributed by atoms with Gasteiger partial charge in [0.25, 0.3) is 0 Å². The highest BCUT2D eigenvalue weighted by atomic mass is 16.5. The van der Waals surface area contributed by atoms with Crippen molar-refractivity contribution in [3.8, 4) is 11.5 Å². The van der Waals surface area contributed by atoms with Crippen LogP contribution in [0.5, 0.6) is 11.5 Å². The van der Waals surface area contributed by atoms with Gasteiger partial charge in [0, 0.05) is 6.54 Å². The molecule has 5 nitrogen and oxygen atoms in total. The Kier molecular flexibility index (Phi) is 6.71. The van der Waals surface area contributed by atoms with Crippen molar-refractivity contribution in [2.75, 3.05) is 20.3 Å². The Morgan fingerprint density at radius 1 is 1.19 bits per heavy atom. The Morgan fingerprint density at radius 3 is 2.67 bits per heavy atom. The number of nitrogens with one attached hydrogen (secondary N) is 1. The summed E-state index contributed by atoms with van der Waals surface area (Å²) in [4.78, 5) is 11.3. The third-order valence-electron chi connectivity index (χ3n) is 4.72. The number of carbonyl (C=O) groups is 1. The number of hydrogen-bond acceptors (Lipinski definition) is 4. The van der Waals surface area contributed by atoms with Gasteiger partial charge in [-0.3, -0.25) is 4.79 Å². The normalized spacial score (nSPS) is 17.9. The topological polar surface area (TPSA) is 56.8 Å². The predicted molar refractivity (Wildman–Crippen MR) is 104 cm³/mol. The summed E-state index contributed by atoms with van der Waals surface area (Å²) < 4.78 is 17.6. The molecule has 2 aromatic carbocycles. The van der Waals surface area contributed by atoms with Crippen molar-refractivity contribution < 1.29 is 19.0 Å². The van der Waals surface area contributed by atoms with Gasteiger partial charge in [-0.05, 0) is 36.1 Å². The van der Waals surface area contributed by atoms with Crippen LogP contribution in [0.2, 0.25) is 0 Å². The molecule has 3 rings (SSSR count). The lowest BCUT2D eigenvalue weighted by molar-refractivity contribution is -0.133. The molecule has 1 amide bonds. The summed E-state index contributed by atoms with van der Waals surface area (Å²) in [5.74, 6) is 1.30. The Morgan fingerprint density at radius 2 is 2.00 bits per heavy atom. The highest BCUT2D eigenvalue weighted by Gasteiger charge is 2.22. The molecule has 0 radical (unpaired) electrons. The van der Waals surface area contributed by atoms with Crippen LogP contribution in [0.1, 0.15) is 49.5 Å². The molecule has 0 aliphatic carbocycles. The molecule has 1 aliphatic heterocycles. The molecule has 0 aromatic heterocycles. The van der Waals surface area contributed by atoms with Crippen LogP contribution in [0, 0.1) is 0 Å². The van der Waals surface area contributed by atoms with Crippen molar-refractivity contribution in [2.45, 2.75) is 38.4 Å². The smallest absolute Gasteiger partial charge is 0.246 e. The van der Waals surface area contributed by atoms with Gasteiger partial charge >= 0.3 is 0 Å². The monoisotopic (exact) mass is 369 g/mol. The minimum absolute atomic E-state index is 0.0396. The van der Waals surface area contributed by atoms with Crippen molar-refractivity contribution in [1.29, 1.82) is 0 Å². The number of benzene rings is 2. The molecule has 2 unspecified atom stereocenters. The quantitative estimate of drug-likeness (QED) is 0.758. The van der Waals surface area contributed by atoms with E-state index in [1.165, 1.54) is 0 Å². The summed E-state index contributed by atoms with van der Waals surface area (Å²) in [5, 5.41) is 2.84. The number of ether oxygens (including phenoxy) is 3. The third-order valence-corrected chi connectivity index (χ3v) is 4.72. The van der Waals surface area contributed by atoms with Gasteiger partial charge in [0.1, 0.15) is 18.8 Å². The van der Waals surface area contributed by atoms with Crippen molar-refractivity contribution in [1.82, 2.24) is 5.32 Å². The zero-order valence-electron chi connectivity index (χ0n) is 15.9. The molecule has 0 saturated carbocycles. The van der Waals surface area contributed by atoms with Crippen LogP contribution in [-0.2, 0) is 9.53 Å². The van der Waals surface area contributed by atoms with Gasteiger partial charge in [-0.2, -0.15) is 0 Å². The molecule has 1 heterocycles. The fourth-order valence-corrected chi connectivity index (χ4v) is 3.20. The molecular weight excluding hydrogens is 342 g/mol. The van der Waals surface area contributed by atoms with Crippen LogP contribution in [0.4, 0.5) is 0 Å². The molecule has 0 bridgehead atoms. The molecule has 1 fully saturated rings. The Labute approximate surface area is 160 Å².